The van der Waals surface area contributed by atoms with Crippen LogP contribution in [0.3, 0.4) is 0 Å². The fourth-order valence-corrected chi connectivity index (χ4v) is 2.84. The molecule has 1 heterocycles. The second-order valence-corrected chi connectivity index (χ2v) is 6.16. The Morgan fingerprint density at radius 1 is 1.04 bits per heavy atom. The summed E-state index contributed by atoms with van der Waals surface area (Å²) in [4.78, 5) is 8.02. The van der Waals surface area contributed by atoms with Crippen LogP contribution in [0.15, 0.2) is 42.6 Å². The average molecular weight is 378 g/mol. The van der Waals surface area contributed by atoms with Gasteiger partial charge in [0.25, 0.3) is 0 Å². The maximum atomic E-state index is 9.42. The number of phenols is 1. The number of aromatic nitrogens is 2. The molecule has 0 fully saturated rings. The van der Waals surface area contributed by atoms with Gasteiger partial charge in [-0.25, -0.2) is 4.98 Å². The van der Waals surface area contributed by atoms with E-state index in [-0.39, 0.29) is 11.7 Å². The van der Waals surface area contributed by atoms with Crippen LogP contribution < -0.4 is 20.9 Å². The van der Waals surface area contributed by atoms with Gasteiger partial charge in [0, 0.05) is 23.7 Å². The molecular weight excluding hydrogens is 356 g/mol. The molecule has 7 nitrogen and oxygen atoms in total. The zero-order valence-electron chi connectivity index (χ0n) is 15.7. The van der Waals surface area contributed by atoms with Gasteiger partial charge in [-0.15, -0.1) is 0 Å². The highest BCUT2D eigenvalue weighted by Gasteiger charge is 2.13. The number of phenolic OH excluding ortho intramolecular Hbond substituents is 1. The predicted octanol–water partition coefficient (Wildman–Crippen LogP) is 3.13. The van der Waals surface area contributed by atoms with Crippen molar-refractivity contribution in [3.63, 3.8) is 0 Å². The van der Waals surface area contributed by atoms with Gasteiger partial charge in [0.05, 0.1) is 14.2 Å². The second kappa shape index (κ2) is 8.30. The Hall–Kier alpha value is -3.74. The van der Waals surface area contributed by atoms with E-state index in [1.807, 2.05) is 36.4 Å². The van der Waals surface area contributed by atoms with Crippen LogP contribution in [0.5, 0.6) is 17.2 Å². The summed E-state index contributed by atoms with van der Waals surface area (Å²) in [6, 6.07) is 10.8. The standard InChI is InChI=1S/C21H22N4O3/c1-27-18-11-14(10-16-12-24-21(23)25-20(16)22)9-15(19(18)28-2)6-3-13-4-7-17(26)8-5-13/h3-9,11-12,26H,10H2,1-2H3,(H4,22,23,24,25). The number of hydrogen-bond donors (Lipinski definition) is 3. The van der Waals surface area contributed by atoms with Crippen molar-refractivity contribution >= 4 is 23.9 Å². The predicted molar refractivity (Wildman–Crippen MR) is 110 cm³/mol. The van der Waals surface area contributed by atoms with Crippen LogP contribution in [0.25, 0.3) is 12.2 Å². The van der Waals surface area contributed by atoms with Crippen molar-refractivity contribution in [2.75, 3.05) is 25.7 Å². The SMILES string of the molecule is COc1cc(Cc2cnc(N)nc2N)cc(C=Cc2ccc(O)cc2)c1OC. The van der Waals surface area contributed by atoms with Crippen molar-refractivity contribution in [1.29, 1.82) is 0 Å². The lowest BCUT2D eigenvalue weighted by atomic mass is 10.0. The topological polar surface area (TPSA) is 117 Å². The van der Waals surface area contributed by atoms with E-state index in [1.165, 1.54) is 0 Å². The first-order valence-corrected chi connectivity index (χ1v) is 8.59. The molecule has 3 aromatic rings. The van der Waals surface area contributed by atoms with Gasteiger partial charge in [0.2, 0.25) is 5.95 Å². The lowest BCUT2D eigenvalue weighted by molar-refractivity contribution is 0.354. The third-order valence-corrected chi connectivity index (χ3v) is 4.23. The van der Waals surface area contributed by atoms with E-state index in [0.29, 0.717) is 23.7 Å². The summed E-state index contributed by atoms with van der Waals surface area (Å²) in [7, 11) is 3.19. The minimum atomic E-state index is 0.145. The quantitative estimate of drug-likeness (QED) is 0.564. The zero-order chi connectivity index (χ0) is 20.1. The Labute approximate surface area is 163 Å². The molecule has 0 unspecified atom stereocenters. The third kappa shape index (κ3) is 4.32. The molecule has 5 N–H and O–H groups in total. The minimum absolute atomic E-state index is 0.145. The molecule has 1 aromatic heterocycles. The summed E-state index contributed by atoms with van der Waals surface area (Å²) in [6.45, 7) is 0. The smallest absolute Gasteiger partial charge is 0.221 e. The van der Waals surface area contributed by atoms with E-state index >= 15 is 0 Å². The fraction of sp³-hybridized carbons (Fsp3) is 0.143. The number of methoxy groups -OCH3 is 2. The van der Waals surface area contributed by atoms with Crippen molar-refractivity contribution < 1.29 is 14.6 Å². The van der Waals surface area contributed by atoms with Gasteiger partial charge in [-0.3, -0.25) is 0 Å². The molecular formula is C21H22N4O3. The summed E-state index contributed by atoms with van der Waals surface area (Å²) in [5.74, 6) is 1.96. The first kappa shape index (κ1) is 19.0. The van der Waals surface area contributed by atoms with Crippen LogP contribution in [-0.4, -0.2) is 29.3 Å². The maximum absolute atomic E-state index is 9.42. The van der Waals surface area contributed by atoms with Crippen LogP contribution in [0.4, 0.5) is 11.8 Å². The number of anilines is 2. The van der Waals surface area contributed by atoms with Crippen molar-refractivity contribution in [3.05, 3.63) is 64.8 Å². The van der Waals surface area contributed by atoms with E-state index in [0.717, 1.165) is 22.3 Å². The van der Waals surface area contributed by atoms with Gasteiger partial charge >= 0.3 is 0 Å². The molecule has 3 rings (SSSR count). The van der Waals surface area contributed by atoms with Gasteiger partial charge in [0.1, 0.15) is 11.6 Å². The molecule has 0 saturated heterocycles. The first-order valence-electron chi connectivity index (χ1n) is 8.59. The summed E-state index contributed by atoms with van der Waals surface area (Å²) in [5.41, 5.74) is 15.1. The molecule has 0 amide bonds. The molecule has 0 aliphatic carbocycles. The van der Waals surface area contributed by atoms with E-state index < -0.39 is 0 Å². The zero-order valence-corrected chi connectivity index (χ0v) is 15.7. The van der Waals surface area contributed by atoms with E-state index in [2.05, 4.69) is 9.97 Å². The molecule has 0 aliphatic heterocycles. The lowest BCUT2D eigenvalue weighted by Crippen LogP contribution is -2.04. The van der Waals surface area contributed by atoms with Gasteiger partial charge in [-0.1, -0.05) is 24.3 Å². The van der Waals surface area contributed by atoms with Crippen molar-refractivity contribution in [2.24, 2.45) is 0 Å². The molecule has 0 bridgehead atoms. The normalized spacial score (nSPS) is 10.9. The summed E-state index contributed by atoms with van der Waals surface area (Å²) < 4.78 is 11.0. The Morgan fingerprint density at radius 3 is 2.43 bits per heavy atom. The highest BCUT2D eigenvalue weighted by Crippen LogP contribution is 2.35. The first-order chi connectivity index (χ1) is 13.5. The molecule has 28 heavy (non-hydrogen) atoms. The van der Waals surface area contributed by atoms with Gasteiger partial charge in [-0.05, 0) is 35.4 Å². The molecule has 2 aromatic carbocycles. The molecule has 7 heteroatoms. The van der Waals surface area contributed by atoms with Gasteiger partial charge < -0.3 is 26.0 Å². The number of aromatic hydroxyl groups is 1. The molecule has 0 aliphatic rings. The van der Waals surface area contributed by atoms with Crippen LogP contribution >= 0.6 is 0 Å². The van der Waals surface area contributed by atoms with Crippen LogP contribution in [0.2, 0.25) is 0 Å². The number of rotatable bonds is 6. The summed E-state index contributed by atoms with van der Waals surface area (Å²) in [6.07, 6.45) is 6.01. The van der Waals surface area contributed by atoms with Gasteiger partial charge in [0.15, 0.2) is 11.5 Å². The van der Waals surface area contributed by atoms with Gasteiger partial charge in [-0.2, -0.15) is 4.98 Å². The maximum Gasteiger partial charge on any atom is 0.221 e. The lowest BCUT2D eigenvalue weighted by Gasteiger charge is -2.14. The molecule has 0 saturated carbocycles. The molecule has 0 radical (unpaired) electrons. The number of ether oxygens (including phenoxy) is 2. The highest BCUT2D eigenvalue weighted by atomic mass is 16.5. The van der Waals surface area contributed by atoms with E-state index in [9.17, 15) is 5.11 Å². The average Bonchev–Trinajstić information content (AvgIpc) is 2.69. The van der Waals surface area contributed by atoms with Crippen LogP contribution in [-0.2, 0) is 6.42 Å². The Kier molecular flexibility index (Phi) is 5.64. The number of nitrogens with zero attached hydrogens (tertiary/aromatic N) is 2. The van der Waals surface area contributed by atoms with Crippen molar-refractivity contribution in [1.82, 2.24) is 9.97 Å². The molecule has 144 valence electrons. The Balaban J connectivity index is 1.98. The number of hydrogen-bond acceptors (Lipinski definition) is 7. The molecule has 0 atom stereocenters. The van der Waals surface area contributed by atoms with Crippen LogP contribution in [0.1, 0.15) is 22.3 Å². The summed E-state index contributed by atoms with van der Waals surface area (Å²) >= 11 is 0. The minimum Gasteiger partial charge on any atom is -0.508 e. The van der Waals surface area contributed by atoms with E-state index in [4.69, 9.17) is 20.9 Å². The van der Waals surface area contributed by atoms with E-state index in [1.54, 1.807) is 32.5 Å². The summed E-state index contributed by atoms with van der Waals surface area (Å²) in [5, 5.41) is 9.42. The fourth-order valence-electron chi connectivity index (χ4n) is 2.84. The number of nitrogen functional groups attached to an aromatic ring is 2. The number of nitrogens with two attached hydrogens (primary N) is 2. The van der Waals surface area contributed by atoms with Crippen molar-refractivity contribution in [2.45, 2.75) is 6.42 Å². The monoisotopic (exact) mass is 378 g/mol. The largest absolute Gasteiger partial charge is 0.508 e. The Morgan fingerprint density at radius 2 is 1.79 bits per heavy atom. The molecule has 0 spiro atoms. The third-order valence-electron chi connectivity index (χ3n) is 4.23. The van der Waals surface area contributed by atoms with Crippen molar-refractivity contribution in [3.8, 4) is 17.2 Å². The Bertz CT molecular complexity index is 1000. The highest BCUT2D eigenvalue weighted by molar-refractivity contribution is 5.75. The van der Waals surface area contributed by atoms with Crippen LogP contribution in [0, 0.1) is 0 Å². The second-order valence-electron chi connectivity index (χ2n) is 6.16. The number of benzene rings is 2.